The number of benzene rings is 1. The van der Waals surface area contributed by atoms with E-state index >= 15 is 0 Å². The van der Waals surface area contributed by atoms with Crippen molar-refractivity contribution in [2.45, 2.75) is 20.4 Å². The van der Waals surface area contributed by atoms with Crippen LogP contribution in [0.15, 0.2) is 42.7 Å². The number of nitrogens with one attached hydrogen (secondary N) is 1. The molecule has 0 bridgehead atoms. The van der Waals surface area contributed by atoms with Gasteiger partial charge in [0, 0.05) is 11.8 Å². The third-order valence-corrected chi connectivity index (χ3v) is 3.14. The van der Waals surface area contributed by atoms with Gasteiger partial charge in [-0.2, -0.15) is 4.57 Å². The van der Waals surface area contributed by atoms with Crippen molar-refractivity contribution in [3.63, 3.8) is 0 Å². The van der Waals surface area contributed by atoms with Crippen LogP contribution in [0.5, 0.6) is 5.75 Å². The van der Waals surface area contributed by atoms with Gasteiger partial charge < -0.3 is 22.5 Å². The van der Waals surface area contributed by atoms with Gasteiger partial charge in [0.15, 0.2) is 11.9 Å². The second-order valence-electron chi connectivity index (χ2n) is 4.73. The number of nitrogens with zero attached hydrogens (tertiary/aromatic N) is 1. The maximum absolute atomic E-state index is 12.1. The number of anilines is 1. The molecule has 0 saturated carbocycles. The number of amides is 1. The lowest BCUT2D eigenvalue weighted by Crippen LogP contribution is -3.00. The number of hydrogen-bond donors (Lipinski definition) is 1. The smallest absolute Gasteiger partial charge is 0.290 e. The van der Waals surface area contributed by atoms with Crippen LogP contribution in [0.2, 0.25) is 0 Å². The number of carbonyl (C=O) groups is 1. The van der Waals surface area contributed by atoms with E-state index in [1.165, 1.54) is 0 Å². The molecule has 21 heavy (non-hydrogen) atoms. The lowest BCUT2D eigenvalue weighted by molar-refractivity contribution is -0.684. The van der Waals surface area contributed by atoms with Crippen molar-refractivity contribution in [1.82, 2.24) is 0 Å². The van der Waals surface area contributed by atoms with E-state index in [0.29, 0.717) is 0 Å². The van der Waals surface area contributed by atoms with Gasteiger partial charge in [-0.25, -0.2) is 0 Å². The molecule has 0 saturated heterocycles. The first-order valence-electron chi connectivity index (χ1n) is 6.49. The van der Waals surface area contributed by atoms with Crippen LogP contribution < -0.4 is 27.0 Å². The highest BCUT2D eigenvalue weighted by Crippen LogP contribution is 2.19. The highest BCUT2D eigenvalue weighted by molar-refractivity contribution is 5.91. The van der Waals surface area contributed by atoms with Crippen molar-refractivity contribution in [3.8, 4) is 5.75 Å². The normalized spacial score (nSPS) is 9.67. The van der Waals surface area contributed by atoms with Crippen LogP contribution in [0.1, 0.15) is 11.1 Å². The number of carbonyl (C=O) groups excluding carboxylic acids is 1. The number of methoxy groups -OCH3 is 1. The first-order chi connectivity index (χ1) is 9.60. The van der Waals surface area contributed by atoms with Crippen LogP contribution in [0.4, 0.5) is 5.69 Å². The summed E-state index contributed by atoms with van der Waals surface area (Å²) >= 11 is 0. The quantitative estimate of drug-likeness (QED) is 0.755. The summed E-state index contributed by atoms with van der Waals surface area (Å²) in [6, 6.07) is 9.66. The minimum absolute atomic E-state index is 0. The number of para-hydroxylation sites is 1. The van der Waals surface area contributed by atoms with E-state index in [1.807, 2.05) is 50.4 Å². The molecule has 0 radical (unpaired) electrons. The zero-order chi connectivity index (χ0) is 14.5. The molecule has 4 nitrogen and oxygen atoms in total. The first-order valence-corrected chi connectivity index (χ1v) is 6.49. The standard InChI is InChI=1S/C16H18N2O2.ClH/c1-12-6-4-7-13(2)16(12)17-15(19)11-18-9-5-8-14(10-18)20-3;/h4-10H,11H2,1-3H3;1H. The lowest BCUT2D eigenvalue weighted by atomic mass is 10.1. The van der Waals surface area contributed by atoms with Crippen molar-refractivity contribution >= 4 is 11.6 Å². The van der Waals surface area contributed by atoms with Gasteiger partial charge in [0.1, 0.15) is 0 Å². The zero-order valence-electron chi connectivity index (χ0n) is 12.4. The van der Waals surface area contributed by atoms with Gasteiger partial charge in [-0.3, -0.25) is 4.79 Å². The van der Waals surface area contributed by atoms with Crippen molar-refractivity contribution < 1.29 is 26.5 Å². The zero-order valence-corrected chi connectivity index (χ0v) is 13.1. The second-order valence-corrected chi connectivity index (χ2v) is 4.73. The van der Waals surface area contributed by atoms with Crippen LogP contribution in [0, 0.1) is 13.8 Å². The van der Waals surface area contributed by atoms with Gasteiger partial charge in [-0.15, -0.1) is 0 Å². The molecule has 0 spiro atoms. The topological polar surface area (TPSA) is 42.2 Å². The summed E-state index contributed by atoms with van der Waals surface area (Å²) < 4.78 is 6.93. The van der Waals surface area contributed by atoms with E-state index in [9.17, 15) is 4.79 Å². The van der Waals surface area contributed by atoms with Gasteiger partial charge in [0.2, 0.25) is 12.7 Å². The molecule has 0 aliphatic heterocycles. The minimum Gasteiger partial charge on any atom is -1.00 e. The van der Waals surface area contributed by atoms with Gasteiger partial charge >= 0.3 is 0 Å². The molecule has 112 valence electrons. The Labute approximate surface area is 131 Å². The van der Waals surface area contributed by atoms with Crippen molar-refractivity contribution in [2.24, 2.45) is 0 Å². The van der Waals surface area contributed by atoms with Crippen molar-refractivity contribution in [3.05, 3.63) is 53.9 Å². The fourth-order valence-corrected chi connectivity index (χ4v) is 2.07. The molecule has 1 aromatic heterocycles. The number of ether oxygens (including phenoxy) is 1. The Morgan fingerprint density at radius 2 is 1.86 bits per heavy atom. The number of rotatable bonds is 4. The third kappa shape index (κ3) is 4.46. The Morgan fingerprint density at radius 3 is 2.48 bits per heavy atom. The molecule has 1 N–H and O–H groups in total. The van der Waals surface area contributed by atoms with Gasteiger partial charge in [-0.1, -0.05) is 18.2 Å². The number of hydrogen-bond acceptors (Lipinski definition) is 2. The van der Waals surface area contributed by atoms with Crippen LogP contribution >= 0.6 is 0 Å². The average molecular weight is 307 g/mol. The molecular weight excluding hydrogens is 288 g/mol. The largest absolute Gasteiger partial charge is 1.00 e. The Morgan fingerprint density at radius 1 is 1.19 bits per heavy atom. The number of aromatic nitrogens is 1. The molecule has 0 atom stereocenters. The number of halogens is 1. The molecule has 5 heteroatoms. The maximum atomic E-state index is 12.1. The van der Waals surface area contributed by atoms with Crippen LogP contribution in [-0.4, -0.2) is 13.0 Å². The van der Waals surface area contributed by atoms with E-state index in [4.69, 9.17) is 4.74 Å². The van der Waals surface area contributed by atoms with Crippen molar-refractivity contribution in [2.75, 3.05) is 12.4 Å². The summed E-state index contributed by atoms with van der Waals surface area (Å²) in [4.78, 5) is 12.1. The molecule has 0 fully saturated rings. The summed E-state index contributed by atoms with van der Waals surface area (Å²) in [6.07, 6.45) is 3.64. The van der Waals surface area contributed by atoms with Gasteiger partial charge in [0.05, 0.1) is 7.11 Å². The summed E-state index contributed by atoms with van der Waals surface area (Å²) in [7, 11) is 1.61. The SMILES string of the molecule is COc1ccc[n+](CC(=O)Nc2c(C)cccc2C)c1.[Cl-]. The number of aryl methyl sites for hydroxylation is 2. The minimum atomic E-state index is -0.0550. The predicted molar refractivity (Wildman–Crippen MR) is 77.7 cm³/mol. The van der Waals surface area contributed by atoms with E-state index in [0.717, 1.165) is 22.6 Å². The molecule has 2 aromatic rings. The number of pyridine rings is 1. The second kappa shape index (κ2) is 7.64. The van der Waals surface area contributed by atoms with Crippen LogP contribution in [0.25, 0.3) is 0 Å². The fraction of sp³-hybridized carbons (Fsp3) is 0.250. The average Bonchev–Trinajstić information content (AvgIpc) is 2.43. The van der Waals surface area contributed by atoms with Gasteiger partial charge in [-0.05, 0) is 31.0 Å². The highest BCUT2D eigenvalue weighted by Gasteiger charge is 2.12. The molecule has 1 amide bonds. The molecular formula is C16H19ClN2O2. The molecule has 1 heterocycles. The molecule has 2 rings (SSSR count). The Bertz CT molecular complexity index is 609. The van der Waals surface area contributed by atoms with E-state index in [-0.39, 0.29) is 24.9 Å². The molecule has 1 aromatic carbocycles. The van der Waals surface area contributed by atoms with E-state index in [1.54, 1.807) is 17.9 Å². The monoisotopic (exact) mass is 306 g/mol. The molecule has 0 aliphatic carbocycles. The lowest BCUT2D eigenvalue weighted by Gasteiger charge is -2.10. The maximum Gasteiger partial charge on any atom is 0.290 e. The van der Waals surface area contributed by atoms with E-state index < -0.39 is 0 Å². The Hall–Kier alpha value is -2.07. The van der Waals surface area contributed by atoms with Crippen molar-refractivity contribution in [1.29, 1.82) is 0 Å². The predicted octanol–water partition coefficient (Wildman–Crippen LogP) is -0.758. The summed E-state index contributed by atoms with van der Waals surface area (Å²) in [6.45, 7) is 4.23. The fourth-order valence-electron chi connectivity index (χ4n) is 2.07. The Kier molecular flexibility index (Phi) is 6.18. The Balaban J connectivity index is 0.00000220. The van der Waals surface area contributed by atoms with Crippen LogP contribution in [-0.2, 0) is 11.3 Å². The molecule has 0 unspecified atom stereocenters. The van der Waals surface area contributed by atoms with Gasteiger partial charge in [0.25, 0.3) is 5.91 Å². The van der Waals surface area contributed by atoms with E-state index in [2.05, 4.69) is 5.32 Å². The summed E-state index contributed by atoms with van der Waals surface area (Å²) in [5.74, 6) is 0.674. The first kappa shape index (κ1) is 17.0. The highest BCUT2D eigenvalue weighted by atomic mass is 35.5. The molecule has 0 aliphatic rings. The third-order valence-electron chi connectivity index (χ3n) is 3.14. The summed E-state index contributed by atoms with van der Waals surface area (Å²) in [5, 5.41) is 2.96. The van der Waals surface area contributed by atoms with Crippen LogP contribution in [0.3, 0.4) is 0 Å². The summed E-state index contributed by atoms with van der Waals surface area (Å²) in [5.41, 5.74) is 3.02.